The maximum Gasteiger partial charge on any atom is 0.509 e. The fraction of sp³-hybridized carbons (Fsp3) is 0. The van der Waals surface area contributed by atoms with Crippen LogP contribution in [0.3, 0.4) is 0 Å². The molecule has 0 saturated carbocycles. The Hall–Kier alpha value is -1.75. The lowest BCUT2D eigenvalue weighted by molar-refractivity contribution is 0.501. The fourth-order valence-corrected chi connectivity index (χ4v) is 2.15. The lowest BCUT2D eigenvalue weighted by atomic mass is 9.80. The second-order valence-electron chi connectivity index (χ2n) is 4.51. The van der Waals surface area contributed by atoms with E-state index in [9.17, 15) is 12.9 Å². The van der Waals surface area contributed by atoms with Crippen LogP contribution in [0.25, 0.3) is 12.2 Å². The Morgan fingerprint density at radius 3 is 2.05 bits per heavy atom. The second-order valence-corrected chi connectivity index (χ2v) is 5.43. The molecule has 2 aromatic rings. The third kappa shape index (κ3) is 4.94. The molecular formula is C16H12BBrF3-. The molecular weight excluding hydrogens is 340 g/mol. The number of halogens is 4. The van der Waals surface area contributed by atoms with Gasteiger partial charge in [-0.25, -0.2) is 0 Å². The second kappa shape index (κ2) is 6.81. The molecule has 0 aliphatic heterocycles. The van der Waals surface area contributed by atoms with Gasteiger partial charge in [-0.15, -0.1) is 5.46 Å². The average Bonchev–Trinajstić information content (AvgIpc) is 2.46. The molecule has 0 bridgehead atoms. The first-order valence-corrected chi connectivity index (χ1v) is 7.15. The topological polar surface area (TPSA) is 0 Å². The van der Waals surface area contributed by atoms with Crippen molar-refractivity contribution >= 4 is 40.5 Å². The Balaban J connectivity index is 2.09. The molecule has 21 heavy (non-hydrogen) atoms. The van der Waals surface area contributed by atoms with Crippen molar-refractivity contribution in [2.24, 2.45) is 0 Å². The van der Waals surface area contributed by atoms with Crippen molar-refractivity contribution in [2.75, 3.05) is 0 Å². The van der Waals surface area contributed by atoms with Gasteiger partial charge in [0.05, 0.1) is 0 Å². The predicted molar refractivity (Wildman–Crippen MR) is 87.5 cm³/mol. The highest BCUT2D eigenvalue weighted by atomic mass is 79.9. The quantitative estimate of drug-likeness (QED) is 0.525. The standard InChI is InChI=1S/C16H12BBrF3/c18-16(12-14-4-2-1-3-5-14)11-8-13-6-9-15(10-7-13)17(19,20)21/h1-12H/q-1/b11-8+,16-12-. The molecule has 2 rings (SSSR count). The van der Waals surface area contributed by atoms with Gasteiger partial charge in [0.2, 0.25) is 0 Å². The van der Waals surface area contributed by atoms with Gasteiger partial charge in [0, 0.05) is 4.48 Å². The Kier molecular flexibility index (Phi) is 5.07. The van der Waals surface area contributed by atoms with E-state index < -0.39 is 12.4 Å². The average molecular weight is 352 g/mol. The highest BCUT2D eigenvalue weighted by molar-refractivity contribution is 9.12. The molecule has 108 valence electrons. The molecule has 0 heterocycles. The van der Waals surface area contributed by atoms with Crippen LogP contribution in [-0.2, 0) is 0 Å². The predicted octanol–water partition coefficient (Wildman–Crippen LogP) is 5.19. The van der Waals surface area contributed by atoms with Gasteiger partial charge in [-0.2, -0.15) is 0 Å². The summed E-state index contributed by atoms with van der Waals surface area (Å²) in [5.74, 6) is 0. The van der Waals surface area contributed by atoms with Crippen molar-refractivity contribution in [3.8, 4) is 0 Å². The SMILES string of the molecule is F[B-](F)(F)c1ccc(/C=C/C(Br)=C/c2ccccc2)cc1. The summed E-state index contributed by atoms with van der Waals surface area (Å²) < 4.78 is 38.4. The smallest absolute Gasteiger partial charge is 0.445 e. The van der Waals surface area contributed by atoms with Crippen molar-refractivity contribution in [3.05, 3.63) is 76.3 Å². The summed E-state index contributed by atoms with van der Waals surface area (Å²) in [6.45, 7) is -4.93. The minimum atomic E-state index is -4.93. The molecule has 0 radical (unpaired) electrons. The number of hydrogen-bond donors (Lipinski definition) is 0. The van der Waals surface area contributed by atoms with Crippen LogP contribution >= 0.6 is 15.9 Å². The minimum Gasteiger partial charge on any atom is -0.445 e. The van der Waals surface area contributed by atoms with E-state index in [0.29, 0.717) is 0 Å². The van der Waals surface area contributed by atoms with Crippen molar-refractivity contribution < 1.29 is 12.9 Å². The van der Waals surface area contributed by atoms with E-state index in [1.54, 1.807) is 12.2 Å². The van der Waals surface area contributed by atoms with Gasteiger partial charge in [-0.1, -0.05) is 76.6 Å². The Labute approximate surface area is 130 Å². The first-order chi connectivity index (χ1) is 9.95. The van der Waals surface area contributed by atoms with E-state index in [1.165, 1.54) is 12.1 Å². The molecule has 0 atom stereocenters. The van der Waals surface area contributed by atoms with Crippen LogP contribution < -0.4 is 5.46 Å². The number of allylic oxidation sites excluding steroid dienone is 2. The largest absolute Gasteiger partial charge is 0.509 e. The van der Waals surface area contributed by atoms with Gasteiger partial charge in [0.25, 0.3) is 0 Å². The van der Waals surface area contributed by atoms with E-state index in [2.05, 4.69) is 15.9 Å². The van der Waals surface area contributed by atoms with Crippen LogP contribution in [0.15, 0.2) is 65.2 Å². The van der Waals surface area contributed by atoms with Gasteiger partial charge in [-0.3, -0.25) is 0 Å². The van der Waals surface area contributed by atoms with Gasteiger partial charge in [0.15, 0.2) is 0 Å². The molecule has 5 heteroatoms. The van der Waals surface area contributed by atoms with Gasteiger partial charge in [0.1, 0.15) is 0 Å². The molecule has 0 spiro atoms. The summed E-state index contributed by atoms with van der Waals surface area (Å²) in [4.78, 5) is 0. The zero-order chi connectivity index (χ0) is 15.3. The van der Waals surface area contributed by atoms with Gasteiger partial charge >= 0.3 is 6.98 Å². The van der Waals surface area contributed by atoms with Crippen molar-refractivity contribution in [1.82, 2.24) is 0 Å². The molecule has 0 aromatic heterocycles. The molecule has 0 unspecified atom stereocenters. The summed E-state index contributed by atoms with van der Waals surface area (Å²) in [6.07, 6.45) is 5.50. The lowest BCUT2D eigenvalue weighted by Crippen LogP contribution is -2.33. The lowest BCUT2D eigenvalue weighted by Gasteiger charge is -2.14. The van der Waals surface area contributed by atoms with Crippen molar-refractivity contribution in [2.45, 2.75) is 0 Å². The number of hydrogen-bond acceptors (Lipinski definition) is 0. The maximum atomic E-state index is 12.5. The number of benzene rings is 2. The third-order valence-electron chi connectivity index (χ3n) is 2.85. The normalized spacial score (nSPS) is 12.9. The minimum absolute atomic E-state index is 0.578. The van der Waals surface area contributed by atoms with Crippen LogP contribution in [0.2, 0.25) is 0 Å². The highest BCUT2D eigenvalue weighted by Crippen LogP contribution is 2.16. The van der Waals surface area contributed by atoms with E-state index in [0.717, 1.165) is 27.7 Å². The molecule has 0 amide bonds. The van der Waals surface area contributed by atoms with E-state index in [-0.39, 0.29) is 0 Å². The maximum absolute atomic E-state index is 12.5. The Morgan fingerprint density at radius 2 is 1.48 bits per heavy atom. The number of rotatable bonds is 4. The summed E-state index contributed by atoms with van der Waals surface area (Å²) in [7, 11) is 0. The Morgan fingerprint density at radius 1 is 0.857 bits per heavy atom. The van der Waals surface area contributed by atoms with Crippen LogP contribution in [-0.4, -0.2) is 6.98 Å². The molecule has 0 aliphatic rings. The summed E-state index contributed by atoms with van der Waals surface area (Å²) >= 11 is 3.42. The van der Waals surface area contributed by atoms with Gasteiger partial charge < -0.3 is 12.9 Å². The molecule has 0 fully saturated rings. The van der Waals surface area contributed by atoms with E-state index >= 15 is 0 Å². The van der Waals surface area contributed by atoms with Crippen LogP contribution in [0.5, 0.6) is 0 Å². The molecule has 2 aromatic carbocycles. The first-order valence-electron chi connectivity index (χ1n) is 6.35. The highest BCUT2D eigenvalue weighted by Gasteiger charge is 2.24. The fourth-order valence-electron chi connectivity index (χ4n) is 1.76. The summed E-state index contributed by atoms with van der Waals surface area (Å²) in [5, 5.41) is 0. The van der Waals surface area contributed by atoms with Crippen molar-refractivity contribution in [1.29, 1.82) is 0 Å². The zero-order valence-electron chi connectivity index (χ0n) is 11.0. The third-order valence-corrected chi connectivity index (χ3v) is 3.35. The molecule has 0 N–H and O–H groups in total. The van der Waals surface area contributed by atoms with Crippen LogP contribution in [0.1, 0.15) is 11.1 Å². The monoisotopic (exact) mass is 351 g/mol. The van der Waals surface area contributed by atoms with Crippen LogP contribution in [0, 0.1) is 0 Å². The molecule has 0 aliphatic carbocycles. The van der Waals surface area contributed by atoms with E-state index in [1.807, 2.05) is 36.4 Å². The van der Waals surface area contributed by atoms with Crippen molar-refractivity contribution in [3.63, 3.8) is 0 Å². The summed E-state index contributed by atoms with van der Waals surface area (Å²) in [5.41, 5.74) is 1.19. The summed E-state index contributed by atoms with van der Waals surface area (Å²) in [6, 6.07) is 14.9. The van der Waals surface area contributed by atoms with Gasteiger partial charge in [-0.05, 0) is 23.3 Å². The Bertz CT molecular complexity index is 643. The molecule has 0 nitrogen and oxygen atoms in total. The molecule has 0 saturated heterocycles. The van der Waals surface area contributed by atoms with E-state index in [4.69, 9.17) is 0 Å². The first kappa shape index (κ1) is 15.6. The van der Waals surface area contributed by atoms with Crippen LogP contribution in [0.4, 0.5) is 12.9 Å². The zero-order valence-corrected chi connectivity index (χ0v) is 12.6.